The number of benzene rings is 2. The fourth-order valence-corrected chi connectivity index (χ4v) is 6.30. The highest BCUT2D eigenvalue weighted by Crippen LogP contribution is 2.50. The molecule has 2 aromatic heterocycles. The van der Waals surface area contributed by atoms with Crippen molar-refractivity contribution in [2.45, 2.75) is 45.2 Å². The van der Waals surface area contributed by atoms with E-state index in [1.165, 1.54) is 0 Å². The Morgan fingerprint density at radius 2 is 1.97 bits per heavy atom. The van der Waals surface area contributed by atoms with Crippen LogP contribution in [0, 0.1) is 19.8 Å². The molecule has 2 fully saturated rings. The molecule has 0 spiro atoms. The number of primary amides is 1. The summed E-state index contributed by atoms with van der Waals surface area (Å²) in [5.41, 5.74) is 9.37. The van der Waals surface area contributed by atoms with Gasteiger partial charge < -0.3 is 15.1 Å². The van der Waals surface area contributed by atoms with Crippen molar-refractivity contribution in [2.24, 2.45) is 11.7 Å². The molecule has 0 bridgehead atoms. The lowest BCUT2D eigenvalue weighted by atomic mass is 10.0. The Morgan fingerprint density at radius 3 is 2.76 bits per heavy atom. The van der Waals surface area contributed by atoms with Crippen molar-refractivity contribution < 1.29 is 14.0 Å². The minimum Gasteiger partial charge on any atom is -0.461 e. The molecule has 0 radical (unpaired) electrons. The Morgan fingerprint density at radius 1 is 1.15 bits per heavy atom. The third-order valence-corrected chi connectivity index (χ3v) is 8.00. The topological polar surface area (TPSA) is 89.4 Å². The molecule has 2 aromatic carbocycles. The highest BCUT2D eigenvalue weighted by molar-refractivity contribution is 7.15. The summed E-state index contributed by atoms with van der Waals surface area (Å²) in [5.74, 6) is 0.840. The molecule has 1 saturated carbocycles. The normalized spacial score (nSPS) is 21.1. The molecule has 2 aliphatic rings. The van der Waals surface area contributed by atoms with Crippen LogP contribution in [-0.2, 0) is 6.42 Å². The van der Waals surface area contributed by atoms with Crippen LogP contribution in [0.4, 0.5) is 0 Å². The maximum absolute atomic E-state index is 13.9. The highest BCUT2D eigenvalue weighted by atomic mass is 32.1. The summed E-state index contributed by atoms with van der Waals surface area (Å²) in [5, 5.41) is 1.61. The van der Waals surface area contributed by atoms with Crippen molar-refractivity contribution in [3.63, 3.8) is 0 Å². The first-order chi connectivity index (χ1) is 16.4. The number of piperidine rings is 1. The summed E-state index contributed by atoms with van der Waals surface area (Å²) in [4.78, 5) is 33.3. The van der Waals surface area contributed by atoms with E-state index >= 15 is 0 Å². The van der Waals surface area contributed by atoms with Gasteiger partial charge in [0.1, 0.15) is 17.0 Å². The average Bonchev–Trinajstić information content (AvgIpc) is 3.12. The molecule has 172 valence electrons. The van der Waals surface area contributed by atoms with Crippen molar-refractivity contribution in [1.29, 1.82) is 0 Å². The number of aromatic nitrogens is 1. The largest absolute Gasteiger partial charge is 0.461 e. The van der Waals surface area contributed by atoms with Crippen molar-refractivity contribution in [3.05, 3.63) is 76.1 Å². The van der Waals surface area contributed by atoms with Crippen LogP contribution >= 0.6 is 11.3 Å². The first-order valence-corrected chi connectivity index (χ1v) is 12.4. The molecule has 1 saturated heterocycles. The summed E-state index contributed by atoms with van der Waals surface area (Å²) < 4.78 is 6.06. The van der Waals surface area contributed by atoms with Gasteiger partial charge in [0.05, 0.1) is 15.4 Å². The van der Waals surface area contributed by atoms with E-state index in [4.69, 9.17) is 10.2 Å². The molecule has 1 aliphatic carbocycles. The number of carbonyl (C=O) groups excluding carboxylic acids is 2. The first kappa shape index (κ1) is 21.1. The summed E-state index contributed by atoms with van der Waals surface area (Å²) in [6.45, 7) is 4.01. The quantitative estimate of drug-likeness (QED) is 0.438. The second kappa shape index (κ2) is 7.81. The summed E-state index contributed by atoms with van der Waals surface area (Å²) in [6, 6.07) is 15.8. The van der Waals surface area contributed by atoms with Gasteiger partial charge in [-0.15, -0.1) is 11.3 Å². The van der Waals surface area contributed by atoms with E-state index in [9.17, 15) is 9.59 Å². The highest BCUT2D eigenvalue weighted by Gasteiger charge is 2.54. The maximum atomic E-state index is 13.9. The molecule has 2 N–H and O–H groups in total. The van der Waals surface area contributed by atoms with Crippen LogP contribution in [0.15, 0.2) is 52.9 Å². The third kappa shape index (κ3) is 3.51. The van der Waals surface area contributed by atoms with Crippen LogP contribution in [0.5, 0.6) is 0 Å². The number of nitrogens with two attached hydrogens (primary N) is 1. The number of amides is 2. The second-order valence-corrected chi connectivity index (χ2v) is 10.6. The van der Waals surface area contributed by atoms with E-state index in [1.54, 1.807) is 23.5 Å². The number of carbonyl (C=O) groups is 2. The van der Waals surface area contributed by atoms with Gasteiger partial charge in [-0.2, -0.15) is 0 Å². The van der Waals surface area contributed by atoms with Crippen molar-refractivity contribution in [2.75, 3.05) is 0 Å². The molecular weight excluding hydrogens is 446 g/mol. The Balaban J connectivity index is 1.32. The number of nitrogens with zero attached hydrogens (tertiary/aromatic N) is 2. The predicted molar refractivity (Wildman–Crippen MR) is 132 cm³/mol. The Labute approximate surface area is 201 Å². The number of hydrogen-bond donors (Lipinski definition) is 1. The smallest absolute Gasteiger partial charge is 0.274 e. The SMILES string of the molecule is Cc1cccc(-c2sc(C)nc2C(=O)N2[C@H](Cc3cc4c(C(N)=O)cccc4o3)C[C@@H]3C[C@@H]32)c1. The molecule has 2 amide bonds. The van der Waals surface area contributed by atoms with Crippen molar-refractivity contribution >= 4 is 34.1 Å². The lowest BCUT2D eigenvalue weighted by Gasteiger charge is -2.27. The Kier molecular flexibility index (Phi) is 4.85. The number of fused-ring (bicyclic) bond motifs is 2. The van der Waals surface area contributed by atoms with Crippen LogP contribution in [0.1, 0.15) is 50.0 Å². The average molecular weight is 472 g/mol. The minimum atomic E-state index is -0.473. The van der Waals surface area contributed by atoms with Crippen LogP contribution in [0.25, 0.3) is 21.4 Å². The standard InChI is InChI=1S/C27H25N3O3S/c1-14-5-3-6-16(9-14)25-24(29-15(2)34-25)27(32)30-18(10-17-11-22(17)30)12-19-13-21-20(26(28)31)7-4-8-23(21)33-19/h3-9,13,17-18,22H,10-12H2,1-2H3,(H2,28,31)/t17-,18+,22+/m1/s1. The van der Waals surface area contributed by atoms with Crippen LogP contribution in [-0.4, -0.2) is 33.8 Å². The second-order valence-electron chi connectivity index (χ2n) is 9.44. The molecule has 3 heterocycles. The summed E-state index contributed by atoms with van der Waals surface area (Å²) >= 11 is 1.57. The number of aryl methyl sites for hydroxylation is 2. The van der Waals surface area contributed by atoms with Gasteiger partial charge in [-0.1, -0.05) is 35.9 Å². The number of hydrogen-bond acceptors (Lipinski definition) is 5. The van der Waals surface area contributed by atoms with Gasteiger partial charge in [0.2, 0.25) is 5.91 Å². The van der Waals surface area contributed by atoms with E-state index in [1.807, 2.05) is 36.1 Å². The van der Waals surface area contributed by atoms with Gasteiger partial charge in [-0.25, -0.2) is 4.98 Å². The number of thiazole rings is 1. The van der Waals surface area contributed by atoms with E-state index in [0.29, 0.717) is 29.2 Å². The van der Waals surface area contributed by atoms with E-state index in [-0.39, 0.29) is 18.0 Å². The number of furan rings is 1. The zero-order valence-electron chi connectivity index (χ0n) is 19.1. The first-order valence-electron chi connectivity index (χ1n) is 11.6. The molecule has 0 unspecified atom stereocenters. The van der Waals surface area contributed by atoms with Crippen molar-refractivity contribution in [1.82, 2.24) is 9.88 Å². The van der Waals surface area contributed by atoms with Gasteiger partial charge in [-0.05, 0) is 56.4 Å². The predicted octanol–water partition coefficient (Wildman–Crippen LogP) is 5.12. The number of likely N-dealkylation sites (tertiary alicyclic amines) is 1. The van der Waals surface area contributed by atoms with Gasteiger partial charge in [0.15, 0.2) is 0 Å². The molecule has 4 aromatic rings. The molecule has 1 aliphatic heterocycles. The summed E-state index contributed by atoms with van der Waals surface area (Å²) in [7, 11) is 0. The minimum absolute atomic E-state index is 0.00444. The Hall–Kier alpha value is -3.45. The van der Waals surface area contributed by atoms with Crippen molar-refractivity contribution in [3.8, 4) is 10.4 Å². The monoisotopic (exact) mass is 471 g/mol. The lowest BCUT2D eigenvalue weighted by Crippen LogP contribution is -2.40. The van der Waals surface area contributed by atoms with Gasteiger partial charge >= 0.3 is 0 Å². The third-order valence-electron chi connectivity index (χ3n) is 6.98. The lowest BCUT2D eigenvalue weighted by molar-refractivity contribution is 0.0691. The molecule has 3 atom stereocenters. The van der Waals surface area contributed by atoms with Crippen LogP contribution in [0.2, 0.25) is 0 Å². The molecule has 6 nitrogen and oxygen atoms in total. The molecule has 34 heavy (non-hydrogen) atoms. The Bertz CT molecular complexity index is 1450. The van der Waals surface area contributed by atoms with E-state index < -0.39 is 5.91 Å². The van der Waals surface area contributed by atoms with E-state index in [0.717, 1.165) is 45.0 Å². The zero-order valence-corrected chi connectivity index (χ0v) is 19.9. The fourth-order valence-electron chi connectivity index (χ4n) is 5.40. The fraction of sp³-hybridized carbons (Fsp3) is 0.296. The summed E-state index contributed by atoms with van der Waals surface area (Å²) in [6.07, 6.45) is 2.62. The van der Waals surface area contributed by atoms with E-state index in [2.05, 4.69) is 24.0 Å². The molecule has 7 heteroatoms. The van der Waals surface area contributed by atoms with Gasteiger partial charge in [0.25, 0.3) is 5.91 Å². The maximum Gasteiger partial charge on any atom is 0.274 e. The molecular formula is C27H25N3O3S. The molecule has 6 rings (SSSR count). The van der Waals surface area contributed by atoms with Crippen LogP contribution in [0.3, 0.4) is 0 Å². The van der Waals surface area contributed by atoms with Gasteiger partial charge in [0, 0.05) is 23.9 Å². The zero-order chi connectivity index (χ0) is 23.6. The van der Waals surface area contributed by atoms with Crippen LogP contribution < -0.4 is 5.73 Å². The van der Waals surface area contributed by atoms with Gasteiger partial charge in [-0.3, -0.25) is 9.59 Å². The number of rotatable bonds is 5.